The molecule has 0 amide bonds. The normalized spacial score (nSPS) is 19.0. The fraction of sp³-hybridized carbons (Fsp3) is 0.414. The molecular formula is C29H31ClF4N4O4S2. The van der Waals surface area contributed by atoms with Crippen molar-refractivity contribution in [3.8, 4) is 0 Å². The number of carbonyl (C=O) groups is 1. The van der Waals surface area contributed by atoms with Crippen LogP contribution in [0, 0.1) is 17.2 Å². The smallest absolute Gasteiger partial charge is 0.416 e. The second kappa shape index (κ2) is 11.6. The molecule has 2 unspecified atom stereocenters. The molecule has 8 nitrogen and oxygen atoms in total. The van der Waals surface area contributed by atoms with Gasteiger partial charge in [0.05, 0.1) is 25.7 Å². The maximum atomic E-state index is 16.0. The number of hydrogen-bond donors (Lipinski definition) is 3. The molecule has 2 aromatic heterocycles. The number of alkyl halides is 3. The molecule has 44 heavy (non-hydrogen) atoms. The monoisotopic (exact) mass is 674 g/mol. The van der Waals surface area contributed by atoms with Crippen LogP contribution in [0.4, 0.5) is 17.6 Å². The van der Waals surface area contributed by atoms with Gasteiger partial charge in [-0.05, 0) is 74.1 Å². The second-order valence-corrected chi connectivity index (χ2v) is 15.3. The molecule has 2 aromatic carbocycles. The Morgan fingerprint density at radius 1 is 1.20 bits per heavy atom. The van der Waals surface area contributed by atoms with E-state index in [4.69, 9.17) is 11.6 Å². The fourth-order valence-electron chi connectivity index (χ4n) is 5.70. The van der Waals surface area contributed by atoms with E-state index >= 15 is 4.39 Å². The number of hydrogen-bond acceptors (Lipinski definition) is 7. The maximum Gasteiger partial charge on any atom is 0.416 e. The highest BCUT2D eigenvalue weighted by atomic mass is 35.5. The first-order valence-electron chi connectivity index (χ1n) is 13.7. The summed E-state index contributed by atoms with van der Waals surface area (Å²) in [7, 11) is -3.88. The van der Waals surface area contributed by atoms with E-state index in [2.05, 4.69) is 10.3 Å². The number of benzene rings is 2. The molecule has 15 heteroatoms. The Labute approximate surface area is 261 Å². The summed E-state index contributed by atoms with van der Waals surface area (Å²) in [6.07, 6.45) is -4.34. The van der Waals surface area contributed by atoms with Crippen molar-refractivity contribution in [3.05, 3.63) is 73.7 Å². The highest BCUT2D eigenvalue weighted by Crippen LogP contribution is 2.57. The van der Waals surface area contributed by atoms with Gasteiger partial charge >= 0.3 is 12.1 Å². The number of halogens is 5. The third kappa shape index (κ3) is 5.71. The third-order valence-electron chi connectivity index (χ3n) is 8.08. The molecular weight excluding hydrogens is 644 g/mol. The average molecular weight is 675 g/mol. The van der Waals surface area contributed by atoms with E-state index in [-0.39, 0.29) is 39.3 Å². The lowest BCUT2D eigenvalue weighted by Crippen LogP contribution is -2.32. The number of aromatic nitrogens is 3. The standard InChI is InChI=1S/C29H31ClF4N4O4S2/c1-5-38-20-9-8-19(24(31)25(20)35-36-38)23(28(3,4)27(39)40)21-11-17(26(30)43-21)14-37-13-15(2)10-16-6-7-18(29(32,33)34)12-22(16)44(37,41)42/h6-9,11-12,15,23,41-42H,5,10,13-14H2,1-4H3,(H,39,40). The summed E-state index contributed by atoms with van der Waals surface area (Å²) in [6.45, 7) is 7.09. The zero-order valence-electron chi connectivity index (χ0n) is 24.2. The molecule has 0 radical (unpaired) electrons. The van der Waals surface area contributed by atoms with Crippen LogP contribution in [0.1, 0.15) is 60.7 Å². The molecule has 238 valence electrons. The number of carboxylic acids is 1. The summed E-state index contributed by atoms with van der Waals surface area (Å²) in [5, 5.41) is 18.1. The molecule has 4 aromatic rings. The van der Waals surface area contributed by atoms with Gasteiger partial charge in [0.25, 0.3) is 0 Å². The van der Waals surface area contributed by atoms with Gasteiger partial charge in [-0.1, -0.05) is 35.9 Å². The zero-order chi connectivity index (χ0) is 32.4. The Kier molecular flexibility index (Phi) is 8.57. The minimum absolute atomic E-state index is 0.00260. The van der Waals surface area contributed by atoms with E-state index in [1.165, 1.54) is 35.0 Å². The molecule has 1 aliphatic rings. The lowest BCUT2D eigenvalue weighted by Gasteiger charge is -2.43. The Bertz CT molecular complexity index is 1740. The molecule has 0 saturated heterocycles. The molecule has 0 spiro atoms. The lowest BCUT2D eigenvalue weighted by atomic mass is 9.73. The summed E-state index contributed by atoms with van der Waals surface area (Å²) < 4.78 is 82.4. The van der Waals surface area contributed by atoms with Gasteiger partial charge in [-0.2, -0.15) is 17.5 Å². The van der Waals surface area contributed by atoms with Crippen molar-refractivity contribution < 1.29 is 36.6 Å². The molecule has 0 saturated carbocycles. The Morgan fingerprint density at radius 3 is 2.55 bits per heavy atom. The summed E-state index contributed by atoms with van der Waals surface area (Å²) in [5.74, 6) is -3.06. The van der Waals surface area contributed by atoms with Gasteiger partial charge in [-0.15, -0.1) is 27.2 Å². The van der Waals surface area contributed by atoms with Crippen molar-refractivity contribution in [2.24, 2.45) is 11.3 Å². The molecule has 3 N–H and O–H groups in total. The van der Waals surface area contributed by atoms with Crippen molar-refractivity contribution in [2.45, 2.75) is 64.2 Å². The van der Waals surface area contributed by atoms with Crippen LogP contribution in [0.25, 0.3) is 11.0 Å². The Morgan fingerprint density at radius 2 is 1.91 bits per heavy atom. The van der Waals surface area contributed by atoms with Gasteiger partial charge in [-0.3, -0.25) is 13.9 Å². The van der Waals surface area contributed by atoms with Crippen molar-refractivity contribution >= 4 is 50.7 Å². The number of aryl methyl sites for hydroxylation is 1. The van der Waals surface area contributed by atoms with Crippen LogP contribution in [0.3, 0.4) is 0 Å². The second-order valence-electron chi connectivity index (χ2n) is 11.6. The molecule has 3 heterocycles. The van der Waals surface area contributed by atoms with Gasteiger partial charge in [0.1, 0.15) is 5.52 Å². The lowest BCUT2D eigenvalue weighted by molar-refractivity contribution is -0.147. The predicted molar refractivity (Wildman–Crippen MR) is 162 cm³/mol. The van der Waals surface area contributed by atoms with Gasteiger partial charge in [0.2, 0.25) is 0 Å². The first-order chi connectivity index (χ1) is 20.5. The number of aliphatic carboxylic acids is 1. The topological polar surface area (TPSA) is 112 Å². The Hall–Kier alpha value is -2.75. The van der Waals surface area contributed by atoms with Crippen molar-refractivity contribution in [1.82, 2.24) is 19.3 Å². The van der Waals surface area contributed by atoms with Crippen molar-refractivity contribution in [2.75, 3.05) is 6.54 Å². The van der Waals surface area contributed by atoms with E-state index in [1.807, 2.05) is 13.8 Å². The number of carboxylic acid groups (broad SMARTS) is 1. The van der Waals surface area contributed by atoms with Crippen molar-refractivity contribution in [3.63, 3.8) is 0 Å². The van der Waals surface area contributed by atoms with E-state index in [0.29, 0.717) is 34.5 Å². The summed E-state index contributed by atoms with van der Waals surface area (Å²) in [6, 6.07) is 7.76. The minimum atomic E-state index is -4.67. The molecule has 2 atom stereocenters. The van der Waals surface area contributed by atoms with E-state index in [0.717, 1.165) is 23.5 Å². The average Bonchev–Trinajstić information content (AvgIpc) is 3.49. The van der Waals surface area contributed by atoms with Gasteiger partial charge in [0.15, 0.2) is 5.82 Å². The molecule has 0 aliphatic carbocycles. The maximum absolute atomic E-state index is 16.0. The molecule has 0 fully saturated rings. The van der Waals surface area contributed by atoms with Gasteiger partial charge in [-0.25, -0.2) is 9.07 Å². The van der Waals surface area contributed by atoms with Crippen LogP contribution in [0.15, 0.2) is 41.3 Å². The number of rotatable bonds is 7. The molecule has 1 aliphatic heterocycles. The summed E-state index contributed by atoms with van der Waals surface area (Å²) >= 11 is 7.70. The predicted octanol–water partition coefficient (Wildman–Crippen LogP) is 8.29. The van der Waals surface area contributed by atoms with Crippen LogP contribution in [-0.4, -0.2) is 46.0 Å². The quantitative estimate of drug-likeness (QED) is 0.169. The first kappa shape index (κ1) is 32.6. The number of fused-ring (bicyclic) bond motifs is 2. The Balaban J connectivity index is 1.57. The van der Waals surface area contributed by atoms with Crippen LogP contribution >= 0.6 is 33.7 Å². The van der Waals surface area contributed by atoms with Crippen LogP contribution in [0.2, 0.25) is 4.34 Å². The van der Waals surface area contributed by atoms with Crippen molar-refractivity contribution in [1.29, 1.82) is 0 Å². The largest absolute Gasteiger partial charge is 0.481 e. The van der Waals surface area contributed by atoms with Crippen LogP contribution in [-0.2, 0) is 30.5 Å². The molecule has 5 rings (SSSR count). The minimum Gasteiger partial charge on any atom is -0.481 e. The summed E-state index contributed by atoms with van der Waals surface area (Å²) in [4.78, 5) is 12.7. The molecule has 0 bridgehead atoms. The van der Waals surface area contributed by atoms with Crippen LogP contribution in [0.5, 0.6) is 0 Å². The SMILES string of the molecule is CCn1nnc2c(F)c(C(c3cc(CN4CC(C)Cc5ccc(C(F)(F)F)cc5S4(O)O)c(Cl)s3)C(C)(C)C(=O)O)ccc21. The summed E-state index contributed by atoms with van der Waals surface area (Å²) in [5.41, 5.74) is -1.15. The highest BCUT2D eigenvalue weighted by Gasteiger charge is 2.43. The van der Waals surface area contributed by atoms with Gasteiger partial charge < -0.3 is 5.11 Å². The van der Waals surface area contributed by atoms with Crippen LogP contribution < -0.4 is 0 Å². The van der Waals surface area contributed by atoms with E-state index < -0.39 is 45.6 Å². The van der Waals surface area contributed by atoms with Gasteiger partial charge in [0, 0.05) is 30.4 Å². The van der Waals surface area contributed by atoms with E-state index in [1.54, 1.807) is 12.1 Å². The first-order valence-corrected chi connectivity index (χ1v) is 16.4. The third-order valence-corrected chi connectivity index (χ3v) is 11.6. The fourth-order valence-corrected chi connectivity index (χ4v) is 9.14. The highest BCUT2D eigenvalue weighted by molar-refractivity contribution is 8.22. The van der Waals surface area contributed by atoms with E-state index in [9.17, 15) is 32.2 Å². The number of nitrogens with zero attached hydrogens (tertiary/aromatic N) is 4. The number of thiophene rings is 1. The zero-order valence-corrected chi connectivity index (χ0v) is 26.6.